The summed E-state index contributed by atoms with van der Waals surface area (Å²) in [5, 5.41) is 12.0. The van der Waals surface area contributed by atoms with Crippen LogP contribution in [0.25, 0.3) is 0 Å². The maximum absolute atomic E-state index is 11.6. The first-order valence-electron chi connectivity index (χ1n) is 5.33. The molecule has 2 atom stereocenters. The van der Waals surface area contributed by atoms with E-state index < -0.39 is 11.9 Å². The van der Waals surface area contributed by atoms with Gasteiger partial charge in [0.15, 0.2) is 0 Å². The fourth-order valence-corrected chi connectivity index (χ4v) is 1.94. The highest BCUT2D eigenvalue weighted by Crippen LogP contribution is 2.38. The Labute approximate surface area is 104 Å². The van der Waals surface area contributed by atoms with Crippen molar-refractivity contribution in [2.24, 2.45) is 11.8 Å². The second kappa shape index (κ2) is 4.75. The van der Waals surface area contributed by atoms with Crippen LogP contribution in [0.4, 0.5) is 0 Å². The van der Waals surface area contributed by atoms with E-state index >= 15 is 0 Å². The van der Waals surface area contributed by atoms with Gasteiger partial charge in [0.25, 0.3) is 0 Å². The highest BCUT2D eigenvalue weighted by Gasteiger charge is 2.48. The lowest BCUT2D eigenvalue weighted by atomic mass is 10.2. The number of aliphatic carboxylic acids is 1. The molecule has 0 heterocycles. The summed E-state index contributed by atoms with van der Waals surface area (Å²) in [4.78, 5) is 22.2. The maximum atomic E-state index is 11.6. The number of carboxylic acid groups (broad SMARTS) is 1. The normalized spacial score (nSPS) is 21.9. The summed E-state index contributed by atoms with van der Waals surface area (Å²) in [6.45, 7) is 0.377. The zero-order valence-corrected chi connectivity index (χ0v) is 9.78. The van der Waals surface area contributed by atoms with Gasteiger partial charge in [0.1, 0.15) is 0 Å². The van der Waals surface area contributed by atoms with Gasteiger partial charge >= 0.3 is 5.97 Å². The number of carboxylic acids is 1. The minimum Gasteiger partial charge on any atom is -0.481 e. The average molecular weight is 254 g/mol. The van der Waals surface area contributed by atoms with E-state index in [9.17, 15) is 9.59 Å². The Morgan fingerprint density at radius 2 is 2.18 bits per heavy atom. The van der Waals surface area contributed by atoms with E-state index in [-0.39, 0.29) is 11.8 Å². The molecule has 0 bridgehead atoms. The molecular formula is C12H12ClNO3. The molecule has 0 aromatic heterocycles. The van der Waals surface area contributed by atoms with Crippen LogP contribution in [0.2, 0.25) is 5.02 Å². The number of carbonyl (C=O) groups excluding carboxylic acids is 1. The van der Waals surface area contributed by atoms with Crippen LogP contribution in [0.1, 0.15) is 12.0 Å². The van der Waals surface area contributed by atoms with Gasteiger partial charge in [0.2, 0.25) is 5.91 Å². The minimum atomic E-state index is -0.895. The summed E-state index contributed by atoms with van der Waals surface area (Å²) in [6, 6.07) is 7.19. The quantitative estimate of drug-likeness (QED) is 0.858. The topological polar surface area (TPSA) is 66.4 Å². The second-order valence-corrected chi connectivity index (χ2v) is 4.57. The highest BCUT2D eigenvalue weighted by molar-refractivity contribution is 6.30. The number of amides is 1. The van der Waals surface area contributed by atoms with Crippen molar-refractivity contribution in [1.29, 1.82) is 0 Å². The van der Waals surface area contributed by atoms with Crippen LogP contribution in [-0.2, 0) is 16.1 Å². The van der Waals surface area contributed by atoms with Crippen molar-refractivity contribution in [2.45, 2.75) is 13.0 Å². The van der Waals surface area contributed by atoms with Crippen molar-refractivity contribution < 1.29 is 14.7 Å². The standard InChI is InChI=1S/C12H12ClNO3/c13-8-3-1-2-7(4-8)6-14-11(15)9-5-10(9)12(16)17/h1-4,9-10H,5-6H2,(H,14,15)(H,16,17)/t9-,10-/m1/s1. The third kappa shape index (κ3) is 2.97. The van der Waals surface area contributed by atoms with Crippen molar-refractivity contribution in [1.82, 2.24) is 5.32 Å². The molecule has 1 aliphatic carbocycles. The van der Waals surface area contributed by atoms with Crippen LogP contribution in [0, 0.1) is 11.8 Å². The molecule has 2 rings (SSSR count). The monoisotopic (exact) mass is 253 g/mol. The van der Waals surface area contributed by atoms with E-state index in [4.69, 9.17) is 16.7 Å². The second-order valence-electron chi connectivity index (χ2n) is 4.13. The van der Waals surface area contributed by atoms with Crippen LogP contribution < -0.4 is 5.32 Å². The summed E-state index contributed by atoms with van der Waals surface area (Å²) in [6.07, 6.45) is 0.441. The predicted octanol–water partition coefficient (Wildman–Crippen LogP) is 1.68. The smallest absolute Gasteiger partial charge is 0.307 e. The van der Waals surface area contributed by atoms with Crippen LogP contribution in [-0.4, -0.2) is 17.0 Å². The molecule has 1 fully saturated rings. The predicted molar refractivity (Wildman–Crippen MR) is 62.5 cm³/mol. The number of hydrogen-bond donors (Lipinski definition) is 2. The van der Waals surface area contributed by atoms with E-state index in [0.717, 1.165) is 5.56 Å². The summed E-state index contributed by atoms with van der Waals surface area (Å²) in [5.41, 5.74) is 0.901. The first kappa shape index (κ1) is 11.9. The molecule has 1 aromatic rings. The molecular weight excluding hydrogens is 242 g/mol. The van der Waals surface area contributed by atoms with Crippen LogP contribution >= 0.6 is 11.6 Å². The van der Waals surface area contributed by atoms with Gasteiger partial charge in [-0.2, -0.15) is 0 Å². The molecule has 17 heavy (non-hydrogen) atoms. The molecule has 1 saturated carbocycles. The Morgan fingerprint density at radius 3 is 2.76 bits per heavy atom. The van der Waals surface area contributed by atoms with Crippen LogP contribution in [0.5, 0.6) is 0 Å². The maximum Gasteiger partial charge on any atom is 0.307 e. The fourth-order valence-electron chi connectivity index (χ4n) is 1.72. The fraction of sp³-hybridized carbons (Fsp3) is 0.333. The number of carbonyl (C=O) groups is 2. The van der Waals surface area contributed by atoms with Gasteiger partial charge in [-0.1, -0.05) is 23.7 Å². The van der Waals surface area contributed by atoms with Gasteiger partial charge in [0.05, 0.1) is 11.8 Å². The SMILES string of the molecule is O=C(O)[C@@H]1C[C@H]1C(=O)NCc1cccc(Cl)c1. The Morgan fingerprint density at radius 1 is 1.41 bits per heavy atom. The number of rotatable bonds is 4. The molecule has 0 unspecified atom stereocenters. The van der Waals surface area contributed by atoms with Crippen LogP contribution in [0.15, 0.2) is 24.3 Å². The number of hydrogen-bond acceptors (Lipinski definition) is 2. The minimum absolute atomic E-state index is 0.197. The molecule has 0 aliphatic heterocycles. The Bertz CT molecular complexity index is 461. The molecule has 0 spiro atoms. The van der Waals surface area contributed by atoms with Crippen molar-refractivity contribution >= 4 is 23.5 Å². The van der Waals surface area contributed by atoms with Gasteiger partial charge in [-0.15, -0.1) is 0 Å². The molecule has 90 valence electrons. The lowest BCUT2D eigenvalue weighted by Gasteiger charge is -2.04. The average Bonchev–Trinajstić information content (AvgIpc) is 3.06. The van der Waals surface area contributed by atoms with Gasteiger partial charge < -0.3 is 10.4 Å². The summed E-state index contributed by atoms with van der Waals surface area (Å²) < 4.78 is 0. The first-order valence-corrected chi connectivity index (χ1v) is 5.70. The Balaban J connectivity index is 1.83. The Hall–Kier alpha value is -1.55. The summed E-state index contributed by atoms with van der Waals surface area (Å²) >= 11 is 5.81. The van der Waals surface area contributed by atoms with Crippen molar-refractivity contribution in [3.8, 4) is 0 Å². The van der Waals surface area contributed by atoms with Crippen LogP contribution in [0.3, 0.4) is 0 Å². The summed E-state index contributed by atoms with van der Waals surface area (Å²) in [7, 11) is 0. The molecule has 5 heteroatoms. The van der Waals surface area contributed by atoms with E-state index in [0.29, 0.717) is 18.0 Å². The number of benzene rings is 1. The van der Waals surface area contributed by atoms with Crippen molar-refractivity contribution in [3.05, 3.63) is 34.9 Å². The molecule has 0 radical (unpaired) electrons. The lowest BCUT2D eigenvalue weighted by Crippen LogP contribution is -2.25. The third-order valence-electron chi connectivity index (χ3n) is 2.80. The molecule has 4 nitrogen and oxygen atoms in total. The van der Waals surface area contributed by atoms with Gasteiger partial charge in [-0.3, -0.25) is 9.59 Å². The van der Waals surface area contributed by atoms with E-state index in [1.54, 1.807) is 18.2 Å². The van der Waals surface area contributed by atoms with E-state index in [1.165, 1.54) is 0 Å². The zero-order chi connectivity index (χ0) is 12.4. The van der Waals surface area contributed by atoms with Gasteiger partial charge in [-0.05, 0) is 24.1 Å². The van der Waals surface area contributed by atoms with Crippen molar-refractivity contribution in [3.63, 3.8) is 0 Å². The molecule has 1 aliphatic rings. The molecule has 2 N–H and O–H groups in total. The molecule has 1 aromatic carbocycles. The largest absolute Gasteiger partial charge is 0.481 e. The van der Waals surface area contributed by atoms with E-state index in [1.807, 2.05) is 6.07 Å². The lowest BCUT2D eigenvalue weighted by molar-refractivity contribution is -0.140. The van der Waals surface area contributed by atoms with E-state index in [2.05, 4.69) is 5.32 Å². The Kier molecular flexibility index (Phi) is 3.33. The van der Waals surface area contributed by atoms with Crippen molar-refractivity contribution in [2.75, 3.05) is 0 Å². The third-order valence-corrected chi connectivity index (χ3v) is 3.04. The number of nitrogens with one attached hydrogen (secondary N) is 1. The highest BCUT2D eigenvalue weighted by atomic mass is 35.5. The van der Waals surface area contributed by atoms with Gasteiger partial charge in [-0.25, -0.2) is 0 Å². The first-order chi connectivity index (χ1) is 8.08. The zero-order valence-electron chi connectivity index (χ0n) is 9.02. The molecule has 1 amide bonds. The summed E-state index contributed by atoms with van der Waals surface area (Å²) in [5.74, 6) is -1.97. The van der Waals surface area contributed by atoms with Gasteiger partial charge in [0, 0.05) is 11.6 Å². The number of halogens is 1. The molecule has 0 saturated heterocycles.